The van der Waals surface area contributed by atoms with Gasteiger partial charge in [-0.25, -0.2) is 4.85 Å². The highest BCUT2D eigenvalue weighted by Gasteiger charge is 2.48. The summed E-state index contributed by atoms with van der Waals surface area (Å²) in [6.45, 7) is 8.00. The van der Waals surface area contributed by atoms with Crippen LogP contribution in [0.5, 0.6) is 0 Å². The van der Waals surface area contributed by atoms with Crippen molar-refractivity contribution in [3.05, 3.63) is 264 Å². The van der Waals surface area contributed by atoms with Crippen molar-refractivity contribution < 1.29 is 4.42 Å². The Morgan fingerprint density at radius 1 is 0.450 bits per heavy atom. The Morgan fingerprint density at radius 2 is 0.900 bits per heavy atom. The number of benzene rings is 9. The fraction of sp³-hybridized carbons (Fsp3) is 0.0179. The molecule has 11 rings (SSSR count). The third-order valence-corrected chi connectivity index (χ3v) is 17.2. The summed E-state index contributed by atoms with van der Waals surface area (Å²) in [5, 5.41) is 6.84. The molecule has 0 saturated carbocycles. The molecule has 1 aliphatic heterocycles. The van der Waals surface area contributed by atoms with Gasteiger partial charge in [0.2, 0.25) is 0 Å². The van der Waals surface area contributed by atoms with Crippen LogP contribution >= 0.6 is 0 Å². The molecule has 0 atom stereocenters. The van der Waals surface area contributed by atoms with Gasteiger partial charge in [-0.05, 0) is 79.4 Å². The van der Waals surface area contributed by atoms with E-state index in [1.54, 1.807) is 0 Å². The number of hydrogen-bond acceptors (Lipinski definition) is 2. The van der Waals surface area contributed by atoms with Crippen molar-refractivity contribution in [3.8, 4) is 0 Å². The van der Waals surface area contributed by atoms with Gasteiger partial charge in [0.25, 0.3) is 0 Å². The van der Waals surface area contributed by atoms with E-state index in [1.165, 1.54) is 37.8 Å². The molecule has 0 unspecified atom stereocenters. The van der Waals surface area contributed by atoms with Crippen molar-refractivity contribution in [2.75, 3.05) is 4.90 Å². The van der Waals surface area contributed by atoms with Crippen LogP contribution < -0.4 is 25.6 Å². The number of hydrogen-bond donors (Lipinski definition) is 0. The van der Waals surface area contributed by atoms with E-state index >= 15 is 0 Å². The van der Waals surface area contributed by atoms with Crippen molar-refractivity contribution in [3.63, 3.8) is 0 Å². The van der Waals surface area contributed by atoms with Crippen LogP contribution in [-0.4, -0.2) is 8.07 Å². The highest BCUT2D eigenvalue weighted by atomic mass is 28.3. The van der Waals surface area contributed by atoms with Gasteiger partial charge in [0.15, 0.2) is 13.8 Å². The molecule has 282 valence electrons. The van der Waals surface area contributed by atoms with E-state index in [0.29, 0.717) is 5.69 Å². The first-order valence-electron chi connectivity index (χ1n) is 20.4. The zero-order chi connectivity index (χ0) is 40.1. The van der Waals surface area contributed by atoms with E-state index < -0.39 is 13.5 Å². The summed E-state index contributed by atoms with van der Waals surface area (Å²) in [7, 11) is -3.14. The van der Waals surface area contributed by atoms with Gasteiger partial charge >= 0.3 is 0 Å². The lowest BCUT2D eigenvalue weighted by molar-refractivity contribution is 0.671. The van der Waals surface area contributed by atoms with E-state index in [1.807, 2.05) is 18.2 Å². The minimum Gasteiger partial charge on any atom is -0.456 e. The molecule has 4 heteroatoms. The maximum absolute atomic E-state index is 8.00. The maximum atomic E-state index is 8.00. The smallest absolute Gasteiger partial charge is 0.188 e. The van der Waals surface area contributed by atoms with Gasteiger partial charge in [0.05, 0.1) is 23.4 Å². The lowest BCUT2D eigenvalue weighted by atomic mass is 9.62. The monoisotopic (exact) mass is 782 g/mol. The average Bonchev–Trinajstić information content (AvgIpc) is 3.70. The molecular formula is C56H38N2OSi. The molecule has 3 nitrogen and oxygen atoms in total. The Morgan fingerprint density at radius 3 is 1.38 bits per heavy atom. The Kier molecular flexibility index (Phi) is 8.44. The molecule has 0 N–H and O–H groups in total. The van der Waals surface area contributed by atoms with E-state index in [4.69, 9.17) is 11.0 Å². The summed E-state index contributed by atoms with van der Waals surface area (Å²) in [6, 6.07) is 83.3. The van der Waals surface area contributed by atoms with Crippen LogP contribution in [0.2, 0.25) is 0 Å². The van der Waals surface area contributed by atoms with Crippen molar-refractivity contribution in [2.45, 2.75) is 5.41 Å². The highest BCUT2D eigenvalue weighted by molar-refractivity contribution is 7.20. The van der Waals surface area contributed by atoms with Crippen LogP contribution in [0.25, 0.3) is 26.8 Å². The first-order chi connectivity index (χ1) is 29.7. The van der Waals surface area contributed by atoms with Crippen LogP contribution in [0, 0.1) is 6.57 Å². The van der Waals surface area contributed by atoms with E-state index in [0.717, 1.165) is 44.2 Å². The standard InChI is InChI=1S/C56H38N2OSi/c1-57-42-35-36-53-47(37-42)48-38-43(39-54(55(48)59-53)60(44-25-11-4-12-26-44,45-27-13-5-14-28-45)46-29-15-6-16-30-46)58-51-33-19-17-31-49(51)56(40-21-7-2-8-22-40,41-23-9-3-10-24-41)50-32-18-20-34-52(50)58/h2-39H. The summed E-state index contributed by atoms with van der Waals surface area (Å²) in [4.78, 5) is 6.34. The van der Waals surface area contributed by atoms with Crippen molar-refractivity contribution >= 4 is 73.5 Å². The number of nitrogens with zero attached hydrogens (tertiary/aromatic N) is 2. The minimum atomic E-state index is -3.14. The van der Waals surface area contributed by atoms with Crippen molar-refractivity contribution in [1.29, 1.82) is 0 Å². The van der Waals surface area contributed by atoms with Crippen molar-refractivity contribution in [1.82, 2.24) is 0 Å². The Bertz CT molecular complexity index is 3030. The molecule has 60 heavy (non-hydrogen) atoms. The Hall–Kier alpha value is -7.71. The second-order valence-electron chi connectivity index (χ2n) is 15.5. The number of fused-ring (bicyclic) bond motifs is 5. The van der Waals surface area contributed by atoms with Crippen molar-refractivity contribution in [2.24, 2.45) is 0 Å². The normalized spacial score (nSPS) is 13.1. The first-order valence-corrected chi connectivity index (χ1v) is 22.4. The second kappa shape index (κ2) is 14.3. The molecule has 2 heterocycles. The fourth-order valence-electron chi connectivity index (χ4n) is 10.0. The van der Waals surface area contributed by atoms with Crippen LogP contribution in [0.15, 0.2) is 235 Å². The topological polar surface area (TPSA) is 20.7 Å². The predicted octanol–water partition coefficient (Wildman–Crippen LogP) is 11.7. The molecule has 10 aromatic rings. The first kappa shape index (κ1) is 35.4. The van der Waals surface area contributed by atoms with Crippen LogP contribution in [0.3, 0.4) is 0 Å². The summed E-state index contributed by atoms with van der Waals surface area (Å²) < 4.78 is 7.10. The zero-order valence-corrected chi connectivity index (χ0v) is 33.7. The maximum Gasteiger partial charge on any atom is 0.188 e. The summed E-state index contributed by atoms with van der Waals surface area (Å²) in [6.07, 6.45) is 0. The second-order valence-corrected chi connectivity index (χ2v) is 19.2. The third kappa shape index (κ3) is 5.20. The minimum absolute atomic E-state index is 0.582. The van der Waals surface area contributed by atoms with Gasteiger partial charge in [-0.1, -0.05) is 194 Å². The molecule has 0 aliphatic carbocycles. The zero-order valence-electron chi connectivity index (χ0n) is 32.7. The lowest BCUT2D eigenvalue weighted by Gasteiger charge is -2.46. The SMILES string of the molecule is [C-]#[N+]c1ccc2oc3c([Si](c4ccccc4)(c4ccccc4)c4ccccc4)cc(N4c5ccccc5C(c5ccccc5)(c5ccccc5)c5ccccc54)cc3c2c1. The lowest BCUT2D eigenvalue weighted by Crippen LogP contribution is -2.74. The van der Waals surface area contributed by atoms with Crippen LogP contribution in [-0.2, 0) is 5.41 Å². The molecule has 0 bridgehead atoms. The molecule has 0 spiro atoms. The molecule has 0 radical (unpaired) electrons. The van der Waals surface area contributed by atoms with Gasteiger partial charge in [-0.2, -0.15) is 0 Å². The van der Waals surface area contributed by atoms with E-state index in [-0.39, 0.29) is 0 Å². The molecule has 0 amide bonds. The van der Waals surface area contributed by atoms with E-state index in [2.05, 4.69) is 222 Å². The largest absolute Gasteiger partial charge is 0.456 e. The molecule has 1 aromatic heterocycles. The highest BCUT2D eigenvalue weighted by Crippen LogP contribution is 2.57. The van der Waals surface area contributed by atoms with Gasteiger partial charge in [-0.15, -0.1) is 0 Å². The average molecular weight is 783 g/mol. The predicted molar refractivity (Wildman–Crippen MR) is 250 cm³/mol. The number of rotatable bonds is 7. The van der Waals surface area contributed by atoms with Crippen LogP contribution in [0.4, 0.5) is 22.7 Å². The Balaban J connectivity index is 1.31. The summed E-state index contributed by atoms with van der Waals surface area (Å²) >= 11 is 0. The molecule has 0 saturated heterocycles. The molecular weight excluding hydrogens is 745 g/mol. The van der Waals surface area contributed by atoms with Gasteiger partial charge in [-0.3, -0.25) is 0 Å². The van der Waals surface area contributed by atoms with Crippen LogP contribution in [0.1, 0.15) is 22.3 Å². The van der Waals surface area contributed by atoms with Gasteiger partial charge in [0.1, 0.15) is 11.2 Å². The molecule has 9 aromatic carbocycles. The number of anilines is 3. The Labute approximate surface area is 350 Å². The fourth-order valence-corrected chi connectivity index (χ4v) is 14.9. The third-order valence-electron chi connectivity index (χ3n) is 12.5. The van der Waals surface area contributed by atoms with E-state index in [9.17, 15) is 0 Å². The number of furan rings is 1. The molecule has 0 fully saturated rings. The van der Waals surface area contributed by atoms with Gasteiger partial charge in [0, 0.05) is 16.5 Å². The summed E-state index contributed by atoms with van der Waals surface area (Å²) in [5.41, 5.74) is 9.67. The summed E-state index contributed by atoms with van der Waals surface area (Å²) in [5.74, 6) is 0. The number of para-hydroxylation sites is 2. The van der Waals surface area contributed by atoms with Gasteiger partial charge < -0.3 is 9.32 Å². The quantitative estimate of drug-likeness (QED) is 0.0912. The molecule has 1 aliphatic rings.